The quantitative estimate of drug-likeness (QED) is 0.378. The minimum atomic E-state index is 0.127. The van der Waals surface area contributed by atoms with Gasteiger partial charge in [-0.1, -0.05) is 57.6 Å². The summed E-state index contributed by atoms with van der Waals surface area (Å²) in [5.74, 6) is 0.738. The van der Waals surface area contributed by atoms with Gasteiger partial charge < -0.3 is 9.84 Å². The van der Waals surface area contributed by atoms with E-state index in [1.165, 1.54) is 52.1 Å². The molecule has 24 heavy (non-hydrogen) atoms. The standard InChI is InChI=1S/C21H32O3/c1-3-4-5-6-7-8-9-10-11-12-19(22)15-13-18-14-16-20(23)21(17-18)24-2/h11-12,14,16-17,23H,3-10,13,15H2,1-2H3/b12-11-. The molecule has 1 N–H and O–H groups in total. The summed E-state index contributed by atoms with van der Waals surface area (Å²) in [6.45, 7) is 2.24. The lowest BCUT2D eigenvalue weighted by Gasteiger charge is -2.05. The van der Waals surface area contributed by atoms with E-state index in [0.717, 1.165) is 12.0 Å². The fourth-order valence-electron chi connectivity index (χ4n) is 2.66. The van der Waals surface area contributed by atoms with Crippen LogP contribution in [0.25, 0.3) is 0 Å². The number of aryl methyl sites for hydroxylation is 1. The molecule has 0 unspecified atom stereocenters. The van der Waals surface area contributed by atoms with Crippen LogP contribution < -0.4 is 4.74 Å². The highest BCUT2D eigenvalue weighted by atomic mass is 16.5. The van der Waals surface area contributed by atoms with Crippen LogP contribution in [0, 0.1) is 0 Å². The zero-order valence-electron chi connectivity index (χ0n) is 15.2. The third-order valence-corrected chi connectivity index (χ3v) is 4.18. The molecule has 0 aliphatic carbocycles. The van der Waals surface area contributed by atoms with Gasteiger partial charge in [0.05, 0.1) is 7.11 Å². The zero-order valence-corrected chi connectivity index (χ0v) is 15.2. The van der Waals surface area contributed by atoms with Gasteiger partial charge >= 0.3 is 0 Å². The van der Waals surface area contributed by atoms with Crippen LogP contribution in [0.5, 0.6) is 11.5 Å². The van der Waals surface area contributed by atoms with Crippen molar-refractivity contribution < 1.29 is 14.6 Å². The molecule has 0 bridgehead atoms. The highest BCUT2D eigenvalue weighted by molar-refractivity contribution is 5.89. The summed E-state index contributed by atoms with van der Waals surface area (Å²) in [6.07, 6.45) is 14.9. The van der Waals surface area contributed by atoms with E-state index in [9.17, 15) is 9.90 Å². The van der Waals surface area contributed by atoms with E-state index in [1.54, 1.807) is 18.2 Å². The molecule has 0 atom stereocenters. The van der Waals surface area contributed by atoms with Crippen LogP contribution in [-0.2, 0) is 11.2 Å². The minimum Gasteiger partial charge on any atom is -0.504 e. The average Bonchev–Trinajstić information content (AvgIpc) is 2.59. The van der Waals surface area contributed by atoms with Crippen molar-refractivity contribution in [2.75, 3.05) is 7.11 Å². The van der Waals surface area contributed by atoms with Gasteiger partial charge in [0.15, 0.2) is 17.3 Å². The molecule has 0 radical (unpaired) electrons. The van der Waals surface area contributed by atoms with E-state index in [4.69, 9.17) is 4.74 Å². The molecule has 3 heteroatoms. The number of rotatable bonds is 13. The third kappa shape index (κ3) is 8.76. The summed E-state index contributed by atoms with van der Waals surface area (Å²) in [4.78, 5) is 11.9. The average molecular weight is 332 g/mol. The number of carbonyl (C=O) groups is 1. The van der Waals surface area contributed by atoms with Gasteiger partial charge in [0.2, 0.25) is 0 Å². The molecule has 0 spiro atoms. The molecule has 0 saturated heterocycles. The van der Waals surface area contributed by atoms with Crippen LogP contribution in [0.3, 0.4) is 0 Å². The second-order valence-corrected chi connectivity index (χ2v) is 6.28. The molecule has 1 aromatic rings. The number of ether oxygens (including phenoxy) is 1. The number of benzene rings is 1. The number of hydrogen-bond donors (Lipinski definition) is 1. The highest BCUT2D eigenvalue weighted by Gasteiger charge is 2.04. The van der Waals surface area contributed by atoms with Gasteiger partial charge in [-0.05, 0) is 43.0 Å². The SMILES string of the molecule is CCCCCCCCC/C=C\C(=O)CCc1ccc(O)c(OC)c1. The van der Waals surface area contributed by atoms with Crippen LogP contribution in [0.1, 0.15) is 70.3 Å². The summed E-state index contributed by atoms with van der Waals surface area (Å²) >= 11 is 0. The Hall–Kier alpha value is -1.77. The Bertz CT molecular complexity index is 506. The van der Waals surface area contributed by atoms with E-state index in [0.29, 0.717) is 18.6 Å². The molecule has 0 fully saturated rings. The van der Waals surface area contributed by atoms with Crippen LogP contribution in [0.4, 0.5) is 0 Å². The number of unbranched alkanes of at least 4 members (excludes halogenated alkanes) is 7. The molecule has 3 nitrogen and oxygen atoms in total. The van der Waals surface area contributed by atoms with Crippen LogP contribution in [-0.4, -0.2) is 18.0 Å². The summed E-state index contributed by atoms with van der Waals surface area (Å²) in [7, 11) is 1.52. The van der Waals surface area contributed by atoms with Crippen LogP contribution >= 0.6 is 0 Å². The lowest BCUT2D eigenvalue weighted by molar-refractivity contribution is -0.114. The topological polar surface area (TPSA) is 46.5 Å². The predicted octanol–water partition coefficient (Wildman–Crippen LogP) is 5.60. The van der Waals surface area contributed by atoms with Crippen molar-refractivity contribution in [1.29, 1.82) is 0 Å². The lowest BCUT2D eigenvalue weighted by Crippen LogP contribution is -1.96. The van der Waals surface area contributed by atoms with Gasteiger partial charge in [-0.25, -0.2) is 0 Å². The maximum atomic E-state index is 11.9. The number of phenolic OH excluding ortho intramolecular Hbond substituents is 1. The lowest BCUT2D eigenvalue weighted by atomic mass is 10.1. The summed E-state index contributed by atoms with van der Waals surface area (Å²) in [5, 5.41) is 9.56. The number of carbonyl (C=O) groups excluding carboxylic acids is 1. The first-order valence-corrected chi connectivity index (χ1v) is 9.22. The molecular formula is C21H32O3. The largest absolute Gasteiger partial charge is 0.504 e. The van der Waals surface area contributed by atoms with Gasteiger partial charge in [-0.15, -0.1) is 0 Å². The maximum absolute atomic E-state index is 11.9. The predicted molar refractivity (Wildman–Crippen MR) is 99.7 cm³/mol. The van der Waals surface area contributed by atoms with Gasteiger partial charge in [0, 0.05) is 6.42 Å². The Labute approximate surface area is 146 Å². The molecule has 0 aliphatic rings. The fraction of sp³-hybridized carbons (Fsp3) is 0.571. The Balaban J connectivity index is 2.15. The van der Waals surface area contributed by atoms with Crippen LogP contribution in [0.15, 0.2) is 30.4 Å². The normalized spacial score (nSPS) is 11.1. The zero-order chi connectivity index (χ0) is 17.6. The van der Waals surface area contributed by atoms with E-state index in [1.807, 2.05) is 12.1 Å². The number of ketones is 1. The van der Waals surface area contributed by atoms with Crippen molar-refractivity contribution in [3.8, 4) is 11.5 Å². The van der Waals surface area contributed by atoms with E-state index in [-0.39, 0.29) is 11.5 Å². The summed E-state index contributed by atoms with van der Waals surface area (Å²) < 4.78 is 5.08. The van der Waals surface area contributed by atoms with Crippen molar-refractivity contribution >= 4 is 5.78 Å². The first-order chi connectivity index (χ1) is 11.7. The van der Waals surface area contributed by atoms with Crippen LogP contribution in [0.2, 0.25) is 0 Å². The summed E-state index contributed by atoms with van der Waals surface area (Å²) in [6, 6.07) is 5.22. The van der Waals surface area contributed by atoms with Gasteiger partial charge in [-0.3, -0.25) is 4.79 Å². The monoisotopic (exact) mass is 332 g/mol. The van der Waals surface area contributed by atoms with Crippen molar-refractivity contribution in [3.63, 3.8) is 0 Å². The highest BCUT2D eigenvalue weighted by Crippen LogP contribution is 2.26. The maximum Gasteiger partial charge on any atom is 0.160 e. The Morgan fingerprint density at radius 3 is 2.54 bits per heavy atom. The second-order valence-electron chi connectivity index (χ2n) is 6.28. The van der Waals surface area contributed by atoms with E-state index in [2.05, 4.69) is 6.92 Å². The number of methoxy groups -OCH3 is 1. The van der Waals surface area contributed by atoms with Crippen molar-refractivity contribution in [2.45, 2.75) is 71.1 Å². The first kappa shape index (κ1) is 20.3. The van der Waals surface area contributed by atoms with E-state index < -0.39 is 0 Å². The molecule has 134 valence electrons. The van der Waals surface area contributed by atoms with Crippen molar-refractivity contribution in [2.24, 2.45) is 0 Å². The number of phenols is 1. The van der Waals surface area contributed by atoms with Gasteiger partial charge in [-0.2, -0.15) is 0 Å². The second kappa shape index (κ2) is 12.6. The van der Waals surface area contributed by atoms with Gasteiger partial charge in [0.1, 0.15) is 0 Å². The van der Waals surface area contributed by atoms with Crippen molar-refractivity contribution in [3.05, 3.63) is 35.9 Å². The third-order valence-electron chi connectivity index (χ3n) is 4.18. The number of allylic oxidation sites excluding steroid dienone is 2. The Morgan fingerprint density at radius 1 is 1.12 bits per heavy atom. The molecule has 0 aromatic heterocycles. The molecule has 0 amide bonds. The number of aromatic hydroxyl groups is 1. The fourth-order valence-corrected chi connectivity index (χ4v) is 2.66. The minimum absolute atomic E-state index is 0.127. The molecule has 0 heterocycles. The van der Waals surface area contributed by atoms with E-state index >= 15 is 0 Å². The molecule has 0 saturated carbocycles. The first-order valence-electron chi connectivity index (χ1n) is 9.22. The Morgan fingerprint density at radius 2 is 1.83 bits per heavy atom. The number of hydrogen-bond acceptors (Lipinski definition) is 3. The smallest absolute Gasteiger partial charge is 0.160 e. The summed E-state index contributed by atoms with van der Waals surface area (Å²) in [5.41, 5.74) is 0.999. The van der Waals surface area contributed by atoms with Crippen molar-refractivity contribution in [1.82, 2.24) is 0 Å². The molecule has 1 aromatic carbocycles. The molecule has 0 aliphatic heterocycles. The molecular weight excluding hydrogens is 300 g/mol. The van der Waals surface area contributed by atoms with Gasteiger partial charge in [0.25, 0.3) is 0 Å². The Kier molecular flexibility index (Phi) is 10.7. The molecule has 1 rings (SSSR count).